The number of alkyl halides is 2. The Morgan fingerprint density at radius 1 is 0.838 bits per heavy atom. The fourth-order valence-corrected chi connectivity index (χ4v) is 6.36. The summed E-state index contributed by atoms with van der Waals surface area (Å²) in [5.41, 5.74) is 0.382. The second-order valence-electron chi connectivity index (χ2n) is 11.5. The number of ether oxygens (including phenoxy) is 1. The molecule has 1 aromatic carbocycles. The minimum absolute atomic E-state index is 0.179. The van der Waals surface area contributed by atoms with Gasteiger partial charge in [0.15, 0.2) is 17.5 Å². The summed E-state index contributed by atoms with van der Waals surface area (Å²) in [6.45, 7) is 2.23. The van der Waals surface area contributed by atoms with Crippen molar-refractivity contribution >= 4 is 0 Å². The van der Waals surface area contributed by atoms with Crippen molar-refractivity contribution in [2.75, 3.05) is 0 Å². The first kappa shape index (κ1) is 28.3. The Balaban J connectivity index is 1.20. The Morgan fingerprint density at radius 3 is 2.11 bits per heavy atom. The average Bonchev–Trinajstić information content (AvgIpc) is 2.90. The molecule has 0 amide bonds. The third-order valence-electron chi connectivity index (χ3n) is 8.78. The topological polar surface area (TPSA) is 9.23 Å². The molecule has 0 aromatic heterocycles. The van der Waals surface area contributed by atoms with Crippen LogP contribution >= 0.6 is 0 Å². The van der Waals surface area contributed by atoms with Crippen LogP contribution in [0.4, 0.5) is 22.0 Å². The van der Waals surface area contributed by atoms with E-state index in [1.54, 1.807) is 0 Å². The first-order valence-electron chi connectivity index (χ1n) is 14.3. The van der Waals surface area contributed by atoms with Crippen molar-refractivity contribution in [1.29, 1.82) is 0 Å². The van der Waals surface area contributed by atoms with E-state index >= 15 is 8.78 Å². The maximum absolute atomic E-state index is 15.0. The molecule has 37 heavy (non-hydrogen) atoms. The Hall–Kier alpha value is -1.69. The lowest BCUT2D eigenvalue weighted by atomic mass is 9.79. The molecule has 2 saturated carbocycles. The molecular formula is C31H41F5O. The summed E-state index contributed by atoms with van der Waals surface area (Å²) in [5, 5.41) is 0. The third kappa shape index (κ3) is 7.68. The van der Waals surface area contributed by atoms with Gasteiger partial charge in [0.05, 0.1) is 12.0 Å². The van der Waals surface area contributed by atoms with Gasteiger partial charge >= 0.3 is 6.11 Å². The summed E-state index contributed by atoms with van der Waals surface area (Å²) in [4.78, 5) is 0. The quantitative estimate of drug-likeness (QED) is 0.177. The van der Waals surface area contributed by atoms with Crippen molar-refractivity contribution in [2.24, 2.45) is 23.7 Å². The minimum Gasteiger partial charge on any atom is -0.317 e. The summed E-state index contributed by atoms with van der Waals surface area (Å²) < 4.78 is 75.7. The van der Waals surface area contributed by atoms with Gasteiger partial charge in [-0.1, -0.05) is 44.1 Å². The monoisotopic (exact) mass is 524 g/mol. The molecule has 0 spiro atoms. The van der Waals surface area contributed by atoms with E-state index in [1.807, 2.05) is 0 Å². The van der Waals surface area contributed by atoms with Crippen molar-refractivity contribution in [3.8, 4) is 0 Å². The van der Waals surface area contributed by atoms with Gasteiger partial charge in [-0.25, -0.2) is 13.2 Å². The lowest BCUT2D eigenvalue weighted by molar-refractivity contribution is -0.301. The predicted molar refractivity (Wildman–Crippen MR) is 137 cm³/mol. The number of benzene rings is 1. The van der Waals surface area contributed by atoms with Crippen LogP contribution in [0.3, 0.4) is 0 Å². The number of halogens is 5. The normalized spacial score (nSPS) is 31.2. The van der Waals surface area contributed by atoms with Gasteiger partial charge in [-0.3, -0.25) is 0 Å². The molecular weight excluding hydrogens is 483 g/mol. The molecule has 0 radical (unpaired) electrons. The van der Waals surface area contributed by atoms with Gasteiger partial charge in [0, 0.05) is 0 Å². The van der Waals surface area contributed by atoms with Crippen LogP contribution in [0.25, 0.3) is 0 Å². The zero-order chi connectivity index (χ0) is 26.4. The van der Waals surface area contributed by atoms with Crippen LogP contribution in [0.2, 0.25) is 0 Å². The van der Waals surface area contributed by atoms with Gasteiger partial charge < -0.3 is 4.74 Å². The van der Waals surface area contributed by atoms with Crippen LogP contribution in [-0.4, -0.2) is 12.2 Å². The van der Waals surface area contributed by atoms with Crippen molar-refractivity contribution in [3.05, 3.63) is 59.5 Å². The van der Waals surface area contributed by atoms with Gasteiger partial charge in [-0.15, -0.1) is 0 Å². The van der Waals surface area contributed by atoms with E-state index in [1.165, 1.54) is 32.1 Å². The fraction of sp³-hybridized carbons (Fsp3) is 0.677. The highest BCUT2D eigenvalue weighted by atomic mass is 19.3. The third-order valence-corrected chi connectivity index (χ3v) is 8.78. The van der Waals surface area contributed by atoms with E-state index in [2.05, 4.69) is 31.2 Å². The van der Waals surface area contributed by atoms with E-state index < -0.39 is 35.6 Å². The second-order valence-corrected chi connectivity index (χ2v) is 11.5. The molecule has 0 bridgehead atoms. The van der Waals surface area contributed by atoms with Crippen LogP contribution in [-0.2, 0) is 4.74 Å². The summed E-state index contributed by atoms with van der Waals surface area (Å²) in [6, 6.07) is 2.03. The Labute approximate surface area is 218 Å². The molecule has 3 aliphatic carbocycles. The summed E-state index contributed by atoms with van der Waals surface area (Å²) in [6.07, 6.45) is 15.9. The van der Waals surface area contributed by atoms with Crippen LogP contribution in [0.1, 0.15) is 102 Å². The molecule has 0 aliphatic heterocycles. The molecule has 2 fully saturated rings. The summed E-state index contributed by atoms with van der Waals surface area (Å²) in [7, 11) is 0. The van der Waals surface area contributed by atoms with Gasteiger partial charge in [-0.2, -0.15) is 8.78 Å². The largest absolute Gasteiger partial charge is 0.358 e. The SMILES string of the molecule is CCCCC1C=CC(/C=C/C2CCC(C(F)(F)OC3CCC(c4cc(F)c(F)c(F)c4)CC3)CC2)CC1. The maximum atomic E-state index is 15.0. The second kappa shape index (κ2) is 12.9. The Kier molecular flexibility index (Phi) is 9.88. The fourth-order valence-electron chi connectivity index (χ4n) is 6.36. The lowest BCUT2D eigenvalue weighted by Gasteiger charge is -2.36. The van der Waals surface area contributed by atoms with Crippen molar-refractivity contribution in [3.63, 3.8) is 0 Å². The molecule has 1 aromatic rings. The molecule has 1 nitrogen and oxygen atoms in total. The Morgan fingerprint density at radius 2 is 1.51 bits per heavy atom. The zero-order valence-electron chi connectivity index (χ0n) is 21.9. The van der Waals surface area contributed by atoms with Gasteiger partial charge in [0.2, 0.25) is 0 Å². The van der Waals surface area contributed by atoms with E-state index in [4.69, 9.17) is 4.74 Å². The van der Waals surface area contributed by atoms with Gasteiger partial charge in [0.1, 0.15) is 0 Å². The van der Waals surface area contributed by atoms with E-state index in [-0.39, 0.29) is 5.92 Å². The first-order valence-corrected chi connectivity index (χ1v) is 14.3. The number of unbranched alkanes of at least 4 members (excludes halogenated alkanes) is 1. The van der Waals surface area contributed by atoms with Crippen LogP contribution in [0.5, 0.6) is 0 Å². The number of allylic oxidation sites excluding steroid dienone is 4. The van der Waals surface area contributed by atoms with Gasteiger partial charge in [-0.05, 0) is 112 Å². The molecule has 0 heterocycles. The van der Waals surface area contributed by atoms with E-state index in [9.17, 15) is 13.2 Å². The highest BCUT2D eigenvalue weighted by molar-refractivity contribution is 5.23. The molecule has 206 valence electrons. The minimum atomic E-state index is -3.17. The van der Waals surface area contributed by atoms with Gasteiger partial charge in [0.25, 0.3) is 0 Å². The summed E-state index contributed by atoms with van der Waals surface area (Å²) in [5.74, 6) is -3.32. The molecule has 2 atom stereocenters. The van der Waals surface area contributed by atoms with Crippen molar-refractivity contribution in [1.82, 2.24) is 0 Å². The Bertz CT molecular complexity index is 903. The number of hydrogen-bond acceptors (Lipinski definition) is 1. The van der Waals surface area contributed by atoms with E-state index in [0.717, 1.165) is 25.0 Å². The summed E-state index contributed by atoms with van der Waals surface area (Å²) >= 11 is 0. The van der Waals surface area contributed by atoms with Crippen LogP contribution < -0.4 is 0 Å². The number of hydrogen-bond donors (Lipinski definition) is 0. The van der Waals surface area contributed by atoms with Crippen molar-refractivity contribution < 1.29 is 26.7 Å². The average molecular weight is 525 g/mol. The lowest BCUT2D eigenvalue weighted by Crippen LogP contribution is -2.38. The smallest absolute Gasteiger partial charge is 0.317 e. The molecule has 2 unspecified atom stereocenters. The molecule has 0 N–H and O–H groups in total. The predicted octanol–water partition coefficient (Wildman–Crippen LogP) is 9.87. The molecule has 4 rings (SSSR count). The van der Waals surface area contributed by atoms with E-state index in [0.29, 0.717) is 61.8 Å². The zero-order valence-corrected chi connectivity index (χ0v) is 21.9. The first-order chi connectivity index (χ1) is 17.7. The molecule has 0 saturated heterocycles. The maximum Gasteiger partial charge on any atom is 0.358 e. The standard InChI is InChI=1S/C31H41F5O/c1-2-3-4-21-5-7-22(8-6-21)9-10-23-11-15-26(16-12-23)31(35,36)37-27-17-13-24(14-18-27)25-19-28(32)30(34)29(33)20-25/h5,7,9-10,19-24,26-27H,2-4,6,8,11-18H2,1H3/b10-9+. The molecule has 6 heteroatoms. The van der Waals surface area contributed by atoms with Crippen LogP contribution in [0.15, 0.2) is 36.4 Å². The number of rotatable bonds is 9. The highest BCUT2D eigenvalue weighted by Gasteiger charge is 2.44. The van der Waals surface area contributed by atoms with Crippen LogP contribution in [0, 0.1) is 41.1 Å². The highest BCUT2D eigenvalue weighted by Crippen LogP contribution is 2.43. The van der Waals surface area contributed by atoms with Crippen molar-refractivity contribution in [2.45, 2.75) is 109 Å². The molecule has 3 aliphatic rings.